The summed E-state index contributed by atoms with van der Waals surface area (Å²) in [4.78, 5) is 14.0. The highest BCUT2D eigenvalue weighted by Crippen LogP contribution is 2.32. The summed E-state index contributed by atoms with van der Waals surface area (Å²) < 4.78 is 5.86. The standard InChI is InChI=1S/C22H27Cl3N2O3/c1-13(2)16-9-19(25)14(3)8-20(16)30-12-15(28)10-27(4)11-21(29)26-22-17(23)6-5-7-18(22)24/h5-9,13,15,28H,10-12H2,1-4H3,(H,26,29)/t15-/m0/s1. The van der Waals surface area contributed by atoms with E-state index in [-0.39, 0.29) is 31.5 Å². The van der Waals surface area contributed by atoms with Crippen LogP contribution in [0.25, 0.3) is 0 Å². The van der Waals surface area contributed by atoms with Crippen molar-refractivity contribution in [1.82, 2.24) is 4.90 Å². The number of para-hydroxylation sites is 1. The summed E-state index contributed by atoms with van der Waals surface area (Å²) in [6.45, 7) is 6.45. The average Bonchev–Trinajstić information content (AvgIpc) is 2.65. The zero-order valence-corrected chi connectivity index (χ0v) is 19.8. The molecule has 0 aromatic heterocycles. The Bertz CT molecular complexity index is 870. The monoisotopic (exact) mass is 472 g/mol. The highest BCUT2D eigenvalue weighted by molar-refractivity contribution is 6.39. The Morgan fingerprint density at radius 3 is 2.40 bits per heavy atom. The van der Waals surface area contributed by atoms with Gasteiger partial charge in [-0.1, -0.05) is 54.7 Å². The van der Waals surface area contributed by atoms with Gasteiger partial charge in [0.05, 0.1) is 22.3 Å². The quantitative estimate of drug-likeness (QED) is 0.513. The van der Waals surface area contributed by atoms with Gasteiger partial charge in [-0.25, -0.2) is 0 Å². The third-order valence-electron chi connectivity index (χ3n) is 4.51. The second-order valence-corrected chi connectivity index (χ2v) is 8.82. The van der Waals surface area contributed by atoms with Crippen molar-refractivity contribution in [3.8, 4) is 5.75 Å². The van der Waals surface area contributed by atoms with Crippen LogP contribution in [0.3, 0.4) is 0 Å². The summed E-state index contributed by atoms with van der Waals surface area (Å²) >= 11 is 18.4. The summed E-state index contributed by atoms with van der Waals surface area (Å²) in [5.41, 5.74) is 2.28. The molecule has 0 heterocycles. The molecule has 0 unspecified atom stereocenters. The number of carbonyl (C=O) groups is 1. The Kier molecular flexibility index (Phi) is 9.26. The van der Waals surface area contributed by atoms with E-state index in [1.165, 1.54) is 0 Å². The first-order valence-electron chi connectivity index (χ1n) is 9.61. The van der Waals surface area contributed by atoms with Crippen LogP contribution in [0.5, 0.6) is 5.75 Å². The van der Waals surface area contributed by atoms with Crippen LogP contribution in [0, 0.1) is 6.92 Å². The molecule has 2 N–H and O–H groups in total. The number of aliphatic hydroxyl groups is 1. The van der Waals surface area contributed by atoms with E-state index in [0.29, 0.717) is 26.5 Å². The number of rotatable bonds is 9. The smallest absolute Gasteiger partial charge is 0.238 e. The lowest BCUT2D eigenvalue weighted by Gasteiger charge is -2.22. The number of anilines is 1. The lowest BCUT2D eigenvalue weighted by atomic mass is 10.0. The second-order valence-electron chi connectivity index (χ2n) is 7.60. The minimum atomic E-state index is -0.775. The first-order valence-corrected chi connectivity index (χ1v) is 10.7. The molecule has 0 saturated carbocycles. The van der Waals surface area contributed by atoms with Gasteiger partial charge in [0.15, 0.2) is 0 Å². The molecule has 164 valence electrons. The maximum Gasteiger partial charge on any atom is 0.238 e. The number of aryl methyl sites for hydroxylation is 1. The van der Waals surface area contributed by atoms with Crippen molar-refractivity contribution in [2.45, 2.75) is 32.8 Å². The molecule has 0 radical (unpaired) electrons. The lowest BCUT2D eigenvalue weighted by Crippen LogP contribution is -2.38. The fraction of sp³-hybridized carbons (Fsp3) is 0.409. The van der Waals surface area contributed by atoms with Gasteiger partial charge in [0.2, 0.25) is 5.91 Å². The minimum Gasteiger partial charge on any atom is -0.491 e. The van der Waals surface area contributed by atoms with Crippen molar-refractivity contribution in [3.05, 3.63) is 56.5 Å². The van der Waals surface area contributed by atoms with Gasteiger partial charge in [0.25, 0.3) is 0 Å². The maximum absolute atomic E-state index is 12.3. The normalized spacial score (nSPS) is 12.3. The molecular formula is C22H27Cl3N2O3. The molecular weight excluding hydrogens is 447 g/mol. The maximum atomic E-state index is 12.3. The van der Waals surface area contributed by atoms with Crippen LogP contribution in [0.1, 0.15) is 30.9 Å². The second kappa shape index (κ2) is 11.2. The Morgan fingerprint density at radius 2 is 1.80 bits per heavy atom. The van der Waals surface area contributed by atoms with E-state index in [4.69, 9.17) is 39.5 Å². The first-order chi connectivity index (χ1) is 14.1. The van der Waals surface area contributed by atoms with E-state index in [0.717, 1.165) is 11.1 Å². The number of likely N-dealkylation sites (N-methyl/N-ethyl adjacent to an activating group) is 1. The van der Waals surface area contributed by atoms with E-state index in [1.54, 1.807) is 30.1 Å². The average molecular weight is 474 g/mol. The van der Waals surface area contributed by atoms with Crippen molar-refractivity contribution < 1.29 is 14.6 Å². The van der Waals surface area contributed by atoms with Gasteiger partial charge in [-0.05, 0) is 55.3 Å². The van der Waals surface area contributed by atoms with Crippen LogP contribution in [0.2, 0.25) is 15.1 Å². The number of halogens is 3. The number of aliphatic hydroxyl groups excluding tert-OH is 1. The molecule has 2 rings (SSSR count). The van der Waals surface area contributed by atoms with E-state index in [2.05, 4.69) is 19.2 Å². The zero-order valence-electron chi connectivity index (χ0n) is 17.5. The SMILES string of the molecule is Cc1cc(OC[C@@H](O)CN(C)CC(=O)Nc2c(Cl)cccc2Cl)c(C(C)C)cc1Cl. The number of hydrogen-bond donors (Lipinski definition) is 2. The number of benzene rings is 2. The number of nitrogens with zero attached hydrogens (tertiary/aromatic N) is 1. The summed E-state index contributed by atoms with van der Waals surface area (Å²) in [6, 6.07) is 8.79. The Hall–Kier alpha value is -1.50. The third kappa shape index (κ3) is 7.03. The van der Waals surface area contributed by atoms with Gasteiger partial charge >= 0.3 is 0 Å². The molecule has 8 heteroatoms. The van der Waals surface area contributed by atoms with Crippen LogP contribution >= 0.6 is 34.8 Å². The largest absolute Gasteiger partial charge is 0.491 e. The summed E-state index contributed by atoms with van der Waals surface area (Å²) in [6.07, 6.45) is -0.775. The van der Waals surface area contributed by atoms with Crippen LogP contribution in [-0.4, -0.2) is 48.8 Å². The topological polar surface area (TPSA) is 61.8 Å². The predicted octanol–water partition coefficient (Wildman–Crippen LogP) is 5.39. The van der Waals surface area contributed by atoms with Crippen LogP contribution in [0.4, 0.5) is 5.69 Å². The van der Waals surface area contributed by atoms with Crippen molar-refractivity contribution in [3.63, 3.8) is 0 Å². The lowest BCUT2D eigenvalue weighted by molar-refractivity contribution is -0.117. The third-order valence-corrected chi connectivity index (χ3v) is 5.54. The number of ether oxygens (including phenoxy) is 1. The van der Waals surface area contributed by atoms with Crippen molar-refractivity contribution in [2.75, 3.05) is 32.1 Å². The Morgan fingerprint density at radius 1 is 1.17 bits per heavy atom. The predicted molar refractivity (Wildman–Crippen MR) is 124 cm³/mol. The van der Waals surface area contributed by atoms with Crippen molar-refractivity contribution in [2.24, 2.45) is 0 Å². The first kappa shape index (κ1) is 24.8. The molecule has 0 bridgehead atoms. The number of hydrogen-bond acceptors (Lipinski definition) is 4. The van der Waals surface area contributed by atoms with Gasteiger partial charge in [0.1, 0.15) is 18.5 Å². The van der Waals surface area contributed by atoms with Crippen molar-refractivity contribution >= 4 is 46.4 Å². The molecule has 2 aromatic rings. The molecule has 0 saturated heterocycles. The zero-order chi connectivity index (χ0) is 22.4. The van der Waals surface area contributed by atoms with Crippen LogP contribution < -0.4 is 10.1 Å². The molecule has 0 aliphatic heterocycles. The Balaban J connectivity index is 1.88. The minimum absolute atomic E-state index is 0.0654. The number of nitrogens with one attached hydrogen (secondary N) is 1. The molecule has 30 heavy (non-hydrogen) atoms. The number of carbonyl (C=O) groups excluding carboxylic acids is 1. The fourth-order valence-corrected chi connectivity index (χ4v) is 3.61. The fourth-order valence-electron chi connectivity index (χ4n) is 2.95. The molecule has 0 spiro atoms. The molecule has 0 fully saturated rings. The molecule has 5 nitrogen and oxygen atoms in total. The van der Waals surface area contributed by atoms with E-state index < -0.39 is 6.10 Å². The highest BCUT2D eigenvalue weighted by atomic mass is 35.5. The molecule has 1 atom stereocenters. The summed E-state index contributed by atoms with van der Waals surface area (Å²) in [5.74, 6) is 0.661. The summed E-state index contributed by atoms with van der Waals surface area (Å²) in [7, 11) is 1.74. The molecule has 1 amide bonds. The van der Waals surface area contributed by atoms with Gasteiger partial charge in [0, 0.05) is 11.6 Å². The van der Waals surface area contributed by atoms with Gasteiger partial charge in [-0.3, -0.25) is 9.69 Å². The van der Waals surface area contributed by atoms with E-state index >= 15 is 0 Å². The highest BCUT2D eigenvalue weighted by Gasteiger charge is 2.16. The van der Waals surface area contributed by atoms with Crippen LogP contribution in [0.15, 0.2) is 30.3 Å². The van der Waals surface area contributed by atoms with E-state index in [1.807, 2.05) is 19.1 Å². The molecule has 2 aromatic carbocycles. The van der Waals surface area contributed by atoms with E-state index in [9.17, 15) is 9.90 Å². The molecule has 0 aliphatic rings. The Labute approximate surface area is 192 Å². The van der Waals surface area contributed by atoms with Gasteiger partial charge in [-0.15, -0.1) is 0 Å². The van der Waals surface area contributed by atoms with Crippen LogP contribution in [-0.2, 0) is 4.79 Å². The summed E-state index contributed by atoms with van der Waals surface area (Å²) in [5, 5.41) is 14.5. The van der Waals surface area contributed by atoms with Gasteiger partial charge < -0.3 is 15.2 Å². The molecule has 0 aliphatic carbocycles. The number of amides is 1. The van der Waals surface area contributed by atoms with Crippen molar-refractivity contribution in [1.29, 1.82) is 0 Å². The van der Waals surface area contributed by atoms with Gasteiger partial charge in [-0.2, -0.15) is 0 Å².